The van der Waals surface area contributed by atoms with Crippen molar-refractivity contribution in [3.63, 3.8) is 0 Å². The van der Waals surface area contributed by atoms with E-state index in [1.165, 1.54) is 0 Å². The van der Waals surface area contributed by atoms with E-state index < -0.39 is 0 Å². The molecule has 0 fully saturated rings. The van der Waals surface area contributed by atoms with E-state index in [0.717, 1.165) is 24.8 Å². The van der Waals surface area contributed by atoms with Gasteiger partial charge in [-0.3, -0.25) is 5.26 Å². The van der Waals surface area contributed by atoms with E-state index >= 15 is 0 Å². The highest BCUT2D eigenvalue weighted by atomic mass is 17.1. The zero-order valence-electron chi connectivity index (χ0n) is 5.63. The molecule has 0 aromatic carbocycles. The van der Waals surface area contributed by atoms with Crippen molar-refractivity contribution >= 4 is 0 Å². The third-order valence-corrected chi connectivity index (χ3v) is 1.77. The molecule has 0 aromatic heterocycles. The van der Waals surface area contributed by atoms with Gasteiger partial charge in [0.1, 0.15) is 6.10 Å². The Hall–Kier alpha value is -0.340. The molecule has 1 rings (SSSR count). The molecule has 0 aromatic rings. The Morgan fingerprint density at radius 3 is 3.00 bits per heavy atom. The predicted molar refractivity (Wildman–Crippen MR) is 35.1 cm³/mol. The van der Waals surface area contributed by atoms with Crippen LogP contribution < -0.4 is 0 Å². The van der Waals surface area contributed by atoms with Crippen molar-refractivity contribution in [2.24, 2.45) is 0 Å². The Kier molecular flexibility index (Phi) is 2.25. The van der Waals surface area contributed by atoms with Crippen LogP contribution in [-0.2, 0) is 4.89 Å². The summed E-state index contributed by atoms with van der Waals surface area (Å²) in [6, 6.07) is 0. The minimum atomic E-state index is -0.0289. The maximum atomic E-state index is 8.32. The molecule has 2 nitrogen and oxygen atoms in total. The van der Waals surface area contributed by atoms with Crippen LogP contribution in [-0.4, -0.2) is 11.4 Å². The number of rotatable bonds is 1. The third kappa shape index (κ3) is 1.53. The largest absolute Gasteiger partial charge is 0.251 e. The lowest BCUT2D eigenvalue weighted by Crippen LogP contribution is -2.14. The molecule has 52 valence electrons. The Morgan fingerprint density at radius 1 is 1.78 bits per heavy atom. The van der Waals surface area contributed by atoms with Crippen LogP contribution in [0.4, 0.5) is 0 Å². The highest BCUT2D eigenvalue weighted by Crippen LogP contribution is 2.19. The smallest absolute Gasteiger partial charge is 0.113 e. The zero-order chi connectivity index (χ0) is 6.69. The molecule has 0 bridgehead atoms. The molecule has 1 unspecified atom stereocenters. The van der Waals surface area contributed by atoms with E-state index in [4.69, 9.17) is 5.26 Å². The third-order valence-electron chi connectivity index (χ3n) is 1.77. The number of allylic oxidation sites excluding steroid dienone is 1. The summed E-state index contributed by atoms with van der Waals surface area (Å²) in [5.74, 6) is 0. The Morgan fingerprint density at radius 2 is 2.56 bits per heavy atom. The van der Waals surface area contributed by atoms with Gasteiger partial charge in [0.15, 0.2) is 0 Å². The fourth-order valence-corrected chi connectivity index (χ4v) is 1.13. The van der Waals surface area contributed by atoms with Crippen molar-refractivity contribution in [1.29, 1.82) is 0 Å². The van der Waals surface area contributed by atoms with Crippen molar-refractivity contribution in [3.05, 3.63) is 11.6 Å². The van der Waals surface area contributed by atoms with Gasteiger partial charge < -0.3 is 0 Å². The van der Waals surface area contributed by atoms with Crippen LogP contribution in [0.2, 0.25) is 0 Å². The molecule has 0 spiro atoms. The normalized spacial score (nSPS) is 27.8. The van der Waals surface area contributed by atoms with Gasteiger partial charge in [-0.25, -0.2) is 4.89 Å². The number of hydrogen-bond donors (Lipinski definition) is 1. The minimum Gasteiger partial charge on any atom is -0.251 e. The second-order valence-corrected chi connectivity index (χ2v) is 2.47. The van der Waals surface area contributed by atoms with Gasteiger partial charge in [0, 0.05) is 0 Å². The minimum absolute atomic E-state index is 0.0289. The molecule has 1 atom stereocenters. The van der Waals surface area contributed by atoms with E-state index in [1.807, 2.05) is 6.92 Å². The molecule has 9 heavy (non-hydrogen) atoms. The van der Waals surface area contributed by atoms with Crippen LogP contribution in [0.25, 0.3) is 0 Å². The summed E-state index contributed by atoms with van der Waals surface area (Å²) < 4.78 is 0. The van der Waals surface area contributed by atoms with Gasteiger partial charge in [-0.1, -0.05) is 6.08 Å². The molecular formula is C7H12O2. The summed E-state index contributed by atoms with van der Waals surface area (Å²) in [4.78, 5) is 4.24. The first-order valence-electron chi connectivity index (χ1n) is 3.31. The highest BCUT2D eigenvalue weighted by molar-refractivity contribution is 5.07. The lowest BCUT2D eigenvalue weighted by molar-refractivity contribution is -0.270. The Labute approximate surface area is 55.1 Å². The average molecular weight is 128 g/mol. The molecule has 2 heteroatoms. The van der Waals surface area contributed by atoms with E-state index in [9.17, 15) is 0 Å². The van der Waals surface area contributed by atoms with Crippen molar-refractivity contribution in [2.75, 3.05) is 0 Å². The molecule has 0 saturated carbocycles. The molecule has 0 aliphatic heterocycles. The lowest BCUT2D eigenvalue weighted by atomic mass is 9.98. The molecule has 0 radical (unpaired) electrons. The van der Waals surface area contributed by atoms with Gasteiger partial charge in [0.25, 0.3) is 0 Å². The van der Waals surface area contributed by atoms with E-state index in [-0.39, 0.29) is 6.10 Å². The summed E-state index contributed by atoms with van der Waals surface area (Å²) in [5, 5.41) is 8.32. The summed E-state index contributed by atoms with van der Waals surface area (Å²) in [7, 11) is 0. The molecule has 0 amide bonds. The summed E-state index contributed by atoms with van der Waals surface area (Å²) in [6.45, 7) is 1.99. The SMILES string of the molecule is CC1=CCCCC1OO. The first-order chi connectivity index (χ1) is 4.34. The van der Waals surface area contributed by atoms with Crippen molar-refractivity contribution < 1.29 is 10.1 Å². The molecule has 1 aliphatic carbocycles. The maximum Gasteiger partial charge on any atom is 0.113 e. The van der Waals surface area contributed by atoms with Crippen LogP contribution >= 0.6 is 0 Å². The van der Waals surface area contributed by atoms with E-state index in [0.29, 0.717) is 0 Å². The van der Waals surface area contributed by atoms with Crippen molar-refractivity contribution in [2.45, 2.75) is 32.3 Å². The van der Waals surface area contributed by atoms with Gasteiger partial charge in [-0.15, -0.1) is 0 Å². The molecule has 1 aliphatic rings. The van der Waals surface area contributed by atoms with Gasteiger partial charge in [-0.05, 0) is 31.8 Å². The maximum absolute atomic E-state index is 8.32. The monoisotopic (exact) mass is 128 g/mol. The van der Waals surface area contributed by atoms with Crippen LogP contribution in [0.15, 0.2) is 11.6 Å². The summed E-state index contributed by atoms with van der Waals surface area (Å²) >= 11 is 0. The van der Waals surface area contributed by atoms with Gasteiger partial charge in [0.05, 0.1) is 0 Å². The first-order valence-corrected chi connectivity index (χ1v) is 3.31. The molecule has 0 heterocycles. The molecular weight excluding hydrogens is 116 g/mol. The zero-order valence-corrected chi connectivity index (χ0v) is 5.63. The fourth-order valence-electron chi connectivity index (χ4n) is 1.13. The van der Waals surface area contributed by atoms with Gasteiger partial charge >= 0.3 is 0 Å². The fraction of sp³-hybridized carbons (Fsp3) is 0.714. The quantitative estimate of drug-likeness (QED) is 0.332. The van der Waals surface area contributed by atoms with Crippen molar-refractivity contribution in [1.82, 2.24) is 0 Å². The standard InChI is InChI=1S/C7H12O2/c1-6-4-2-3-5-7(6)9-8/h4,7-8H,2-3,5H2,1H3. The topological polar surface area (TPSA) is 29.5 Å². The summed E-state index contributed by atoms with van der Waals surface area (Å²) in [5.41, 5.74) is 1.16. The van der Waals surface area contributed by atoms with Gasteiger partial charge in [-0.2, -0.15) is 0 Å². The van der Waals surface area contributed by atoms with Crippen LogP contribution in [0.1, 0.15) is 26.2 Å². The van der Waals surface area contributed by atoms with Crippen LogP contribution in [0, 0.1) is 0 Å². The molecule has 1 N–H and O–H groups in total. The molecule has 0 saturated heterocycles. The Balaban J connectivity index is 2.50. The second kappa shape index (κ2) is 2.99. The average Bonchev–Trinajstić information content (AvgIpc) is 1.89. The van der Waals surface area contributed by atoms with E-state index in [2.05, 4.69) is 11.0 Å². The Bertz CT molecular complexity index is 118. The van der Waals surface area contributed by atoms with Crippen LogP contribution in [0.5, 0.6) is 0 Å². The van der Waals surface area contributed by atoms with Gasteiger partial charge in [0.2, 0.25) is 0 Å². The second-order valence-electron chi connectivity index (χ2n) is 2.47. The summed E-state index contributed by atoms with van der Waals surface area (Å²) in [6.07, 6.45) is 5.30. The van der Waals surface area contributed by atoms with Crippen LogP contribution in [0.3, 0.4) is 0 Å². The predicted octanol–water partition coefficient (Wildman–Crippen LogP) is 1.97. The first kappa shape index (κ1) is 6.78. The number of hydrogen-bond acceptors (Lipinski definition) is 2. The van der Waals surface area contributed by atoms with E-state index in [1.54, 1.807) is 0 Å². The lowest BCUT2D eigenvalue weighted by Gasteiger charge is -2.17. The van der Waals surface area contributed by atoms with Crippen molar-refractivity contribution in [3.8, 4) is 0 Å². The highest BCUT2D eigenvalue weighted by Gasteiger charge is 2.13.